The summed E-state index contributed by atoms with van der Waals surface area (Å²) in [4.78, 5) is 11.3. The number of aryl methyl sites for hydroxylation is 1. The smallest absolute Gasteiger partial charge is 0.339 e. The summed E-state index contributed by atoms with van der Waals surface area (Å²) < 4.78 is 5.47. The molecule has 0 radical (unpaired) electrons. The summed E-state index contributed by atoms with van der Waals surface area (Å²) in [7, 11) is 0. The van der Waals surface area contributed by atoms with E-state index in [1.54, 1.807) is 13.8 Å². The lowest BCUT2D eigenvalue weighted by atomic mass is 10.1. The Bertz CT molecular complexity index is 456. The van der Waals surface area contributed by atoms with E-state index in [1.165, 1.54) is 0 Å². The van der Waals surface area contributed by atoms with Gasteiger partial charge in [-0.05, 0) is 32.3 Å². The van der Waals surface area contributed by atoms with Crippen molar-refractivity contribution in [2.24, 2.45) is 0 Å². The van der Waals surface area contributed by atoms with Crippen LogP contribution in [0.3, 0.4) is 0 Å². The van der Waals surface area contributed by atoms with Crippen molar-refractivity contribution in [2.75, 3.05) is 18.5 Å². The SMILES string of the molecule is Cc1nnc(NCC2CCCO2)c(C(=O)O)c1C. The highest BCUT2D eigenvalue weighted by Gasteiger charge is 2.20. The quantitative estimate of drug-likeness (QED) is 0.841. The molecule has 1 aromatic rings. The molecule has 0 saturated carbocycles. The number of ether oxygens (including phenoxy) is 1. The van der Waals surface area contributed by atoms with Crippen molar-refractivity contribution >= 4 is 11.8 Å². The molecule has 6 nitrogen and oxygen atoms in total. The molecule has 1 unspecified atom stereocenters. The van der Waals surface area contributed by atoms with Crippen LogP contribution in [-0.2, 0) is 4.74 Å². The third-order valence-corrected chi connectivity index (χ3v) is 3.19. The summed E-state index contributed by atoms with van der Waals surface area (Å²) in [5.41, 5.74) is 1.47. The number of aromatic carboxylic acids is 1. The molecule has 18 heavy (non-hydrogen) atoms. The van der Waals surface area contributed by atoms with Crippen LogP contribution in [0.15, 0.2) is 0 Å². The molecule has 1 saturated heterocycles. The van der Waals surface area contributed by atoms with Gasteiger partial charge in [0.05, 0.1) is 11.8 Å². The van der Waals surface area contributed by atoms with Crippen LogP contribution in [0.25, 0.3) is 0 Å². The Morgan fingerprint density at radius 1 is 1.50 bits per heavy atom. The van der Waals surface area contributed by atoms with E-state index in [0.717, 1.165) is 19.4 Å². The van der Waals surface area contributed by atoms with Crippen LogP contribution in [0.2, 0.25) is 0 Å². The van der Waals surface area contributed by atoms with E-state index in [-0.39, 0.29) is 11.7 Å². The second-order valence-electron chi connectivity index (χ2n) is 4.46. The first-order valence-electron chi connectivity index (χ1n) is 6.02. The minimum absolute atomic E-state index is 0.134. The second-order valence-corrected chi connectivity index (χ2v) is 4.46. The van der Waals surface area contributed by atoms with Gasteiger partial charge in [0.2, 0.25) is 0 Å². The summed E-state index contributed by atoms with van der Waals surface area (Å²) in [5, 5.41) is 20.1. The summed E-state index contributed by atoms with van der Waals surface area (Å²) in [6, 6.07) is 0. The average Bonchev–Trinajstić information content (AvgIpc) is 2.83. The van der Waals surface area contributed by atoms with Gasteiger partial charge in [-0.25, -0.2) is 4.79 Å². The van der Waals surface area contributed by atoms with E-state index < -0.39 is 5.97 Å². The summed E-state index contributed by atoms with van der Waals surface area (Å²) in [6.07, 6.45) is 2.18. The van der Waals surface area contributed by atoms with E-state index in [9.17, 15) is 9.90 Å². The number of aromatic nitrogens is 2. The molecule has 1 aliphatic heterocycles. The van der Waals surface area contributed by atoms with E-state index in [2.05, 4.69) is 15.5 Å². The number of carbonyl (C=O) groups is 1. The van der Waals surface area contributed by atoms with Crippen LogP contribution in [0.4, 0.5) is 5.82 Å². The van der Waals surface area contributed by atoms with Crippen LogP contribution in [0.5, 0.6) is 0 Å². The number of nitrogens with zero attached hydrogens (tertiary/aromatic N) is 2. The fourth-order valence-corrected chi connectivity index (χ4v) is 2.01. The predicted molar refractivity (Wildman–Crippen MR) is 65.9 cm³/mol. The van der Waals surface area contributed by atoms with Crippen molar-refractivity contribution in [3.8, 4) is 0 Å². The number of carboxylic acids is 1. The first-order valence-corrected chi connectivity index (χ1v) is 6.02. The molecule has 0 spiro atoms. The number of hydrogen-bond acceptors (Lipinski definition) is 5. The largest absolute Gasteiger partial charge is 0.478 e. The van der Waals surface area contributed by atoms with Crippen molar-refractivity contribution in [3.63, 3.8) is 0 Å². The molecular weight excluding hydrogens is 234 g/mol. The zero-order chi connectivity index (χ0) is 13.1. The zero-order valence-electron chi connectivity index (χ0n) is 10.6. The average molecular weight is 251 g/mol. The van der Waals surface area contributed by atoms with E-state index in [1.807, 2.05) is 0 Å². The van der Waals surface area contributed by atoms with Gasteiger partial charge in [0.15, 0.2) is 5.82 Å². The molecule has 2 heterocycles. The molecule has 0 bridgehead atoms. The number of rotatable bonds is 4. The molecule has 1 fully saturated rings. The maximum absolute atomic E-state index is 11.3. The van der Waals surface area contributed by atoms with Gasteiger partial charge in [-0.1, -0.05) is 0 Å². The molecule has 2 N–H and O–H groups in total. The molecule has 1 aliphatic rings. The lowest BCUT2D eigenvalue weighted by Gasteiger charge is -2.14. The maximum Gasteiger partial charge on any atom is 0.339 e. The van der Waals surface area contributed by atoms with Crippen molar-refractivity contribution in [3.05, 3.63) is 16.8 Å². The molecule has 98 valence electrons. The van der Waals surface area contributed by atoms with Crippen molar-refractivity contribution in [1.82, 2.24) is 10.2 Å². The fourth-order valence-electron chi connectivity index (χ4n) is 2.01. The van der Waals surface area contributed by atoms with Gasteiger partial charge in [-0.15, -0.1) is 5.10 Å². The fraction of sp³-hybridized carbons (Fsp3) is 0.583. The van der Waals surface area contributed by atoms with Gasteiger partial charge in [-0.2, -0.15) is 5.10 Å². The van der Waals surface area contributed by atoms with Crippen molar-refractivity contribution in [1.29, 1.82) is 0 Å². The highest BCUT2D eigenvalue weighted by molar-refractivity contribution is 5.94. The number of nitrogens with one attached hydrogen (secondary N) is 1. The van der Waals surface area contributed by atoms with Crippen molar-refractivity contribution in [2.45, 2.75) is 32.8 Å². The highest BCUT2D eigenvalue weighted by atomic mass is 16.5. The third kappa shape index (κ3) is 2.59. The Morgan fingerprint density at radius 2 is 2.28 bits per heavy atom. The predicted octanol–water partition coefficient (Wildman–Crippen LogP) is 1.38. The van der Waals surface area contributed by atoms with Gasteiger partial charge in [-0.3, -0.25) is 0 Å². The number of anilines is 1. The monoisotopic (exact) mass is 251 g/mol. The van der Waals surface area contributed by atoms with Crippen LogP contribution >= 0.6 is 0 Å². The molecule has 1 aromatic heterocycles. The standard InChI is InChI=1S/C12H17N3O3/c1-7-8(2)14-15-11(10(7)12(16)17)13-6-9-4-3-5-18-9/h9H,3-6H2,1-2H3,(H,13,15)(H,16,17). The molecule has 0 aromatic carbocycles. The molecular formula is C12H17N3O3. The Labute approximate surface area is 105 Å². The van der Waals surface area contributed by atoms with Gasteiger partial charge in [0.1, 0.15) is 5.56 Å². The lowest BCUT2D eigenvalue weighted by Crippen LogP contribution is -2.21. The third-order valence-electron chi connectivity index (χ3n) is 3.19. The van der Waals surface area contributed by atoms with Crippen molar-refractivity contribution < 1.29 is 14.6 Å². The Hall–Kier alpha value is -1.69. The summed E-state index contributed by atoms with van der Waals surface area (Å²) in [5.74, 6) is -0.665. The summed E-state index contributed by atoms with van der Waals surface area (Å²) in [6.45, 7) is 4.83. The lowest BCUT2D eigenvalue weighted by molar-refractivity contribution is 0.0696. The van der Waals surface area contributed by atoms with Crippen LogP contribution < -0.4 is 5.32 Å². The second kappa shape index (κ2) is 5.30. The van der Waals surface area contributed by atoms with Gasteiger partial charge < -0.3 is 15.2 Å². The van der Waals surface area contributed by atoms with Gasteiger partial charge in [0, 0.05) is 13.2 Å². The minimum atomic E-state index is -0.986. The van der Waals surface area contributed by atoms with Crippen LogP contribution in [-0.4, -0.2) is 40.5 Å². The molecule has 1 atom stereocenters. The first-order chi connectivity index (χ1) is 8.59. The normalized spacial score (nSPS) is 18.9. The van der Waals surface area contributed by atoms with E-state index in [0.29, 0.717) is 23.6 Å². The topological polar surface area (TPSA) is 84.3 Å². The highest BCUT2D eigenvalue weighted by Crippen LogP contribution is 2.19. The zero-order valence-corrected chi connectivity index (χ0v) is 10.6. The number of hydrogen-bond donors (Lipinski definition) is 2. The Kier molecular flexibility index (Phi) is 3.76. The van der Waals surface area contributed by atoms with Gasteiger partial charge in [0.25, 0.3) is 0 Å². The van der Waals surface area contributed by atoms with Crippen LogP contribution in [0, 0.1) is 13.8 Å². The van der Waals surface area contributed by atoms with E-state index >= 15 is 0 Å². The molecule has 0 amide bonds. The summed E-state index contributed by atoms with van der Waals surface area (Å²) >= 11 is 0. The maximum atomic E-state index is 11.3. The Morgan fingerprint density at radius 3 is 2.89 bits per heavy atom. The number of carboxylic acid groups (broad SMARTS) is 1. The first kappa shape index (κ1) is 12.8. The molecule has 0 aliphatic carbocycles. The Balaban J connectivity index is 2.16. The molecule has 6 heteroatoms. The van der Waals surface area contributed by atoms with Gasteiger partial charge >= 0.3 is 5.97 Å². The molecule has 2 rings (SSSR count). The van der Waals surface area contributed by atoms with E-state index in [4.69, 9.17) is 4.74 Å². The minimum Gasteiger partial charge on any atom is -0.478 e. The van der Waals surface area contributed by atoms with Crippen LogP contribution in [0.1, 0.15) is 34.5 Å².